The van der Waals surface area contributed by atoms with Gasteiger partial charge in [0.1, 0.15) is 0 Å². The number of aromatic nitrogens is 2. The number of carbonyl (C=O) groups is 2. The molecule has 7 heteroatoms. The van der Waals surface area contributed by atoms with Gasteiger partial charge in [-0.3, -0.25) is 14.3 Å². The van der Waals surface area contributed by atoms with Crippen LogP contribution in [0.1, 0.15) is 35.7 Å². The first-order chi connectivity index (χ1) is 12.0. The lowest BCUT2D eigenvalue weighted by Crippen LogP contribution is -2.47. The predicted octanol–water partition coefficient (Wildman–Crippen LogP) is 2.91. The van der Waals surface area contributed by atoms with Gasteiger partial charge in [0, 0.05) is 23.8 Å². The summed E-state index contributed by atoms with van der Waals surface area (Å²) in [4.78, 5) is 25.6. The van der Waals surface area contributed by atoms with E-state index < -0.39 is 11.9 Å². The first kappa shape index (κ1) is 17.5. The molecule has 1 aromatic heterocycles. The van der Waals surface area contributed by atoms with Gasteiger partial charge in [0.05, 0.1) is 24.2 Å². The normalized spacial score (nSPS) is 20.5. The Hall–Kier alpha value is -2.34. The van der Waals surface area contributed by atoms with Crippen molar-refractivity contribution in [2.24, 2.45) is 5.92 Å². The van der Waals surface area contributed by atoms with Gasteiger partial charge in [-0.25, -0.2) is 0 Å². The summed E-state index contributed by atoms with van der Waals surface area (Å²) in [7, 11) is 0. The highest BCUT2D eigenvalue weighted by molar-refractivity contribution is 6.31. The molecular formula is C18H20ClN3O3. The van der Waals surface area contributed by atoms with Gasteiger partial charge in [-0.05, 0) is 31.4 Å². The van der Waals surface area contributed by atoms with Crippen LogP contribution < -0.4 is 0 Å². The number of nitrogens with zero attached hydrogens (tertiary/aromatic N) is 3. The molecular weight excluding hydrogens is 342 g/mol. The molecule has 1 saturated heterocycles. The molecule has 1 fully saturated rings. The maximum absolute atomic E-state index is 12.8. The lowest BCUT2D eigenvalue weighted by atomic mass is 9.93. The van der Waals surface area contributed by atoms with Gasteiger partial charge >= 0.3 is 5.97 Å². The summed E-state index contributed by atoms with van der Waals surface area (Å²) in [6.07, 6.45) is 4.50. The molecule has 0 spiro atoms. The number of halogens is 1. The van der Waals surface area contributed by atoms with E-state index in [0.717, 1.165) is 5.56 Å². The fraction of sp³-hybridized carbons (Fsp3) is 0.389. The van der Waals surface area contributed by atoms with Crippen LogP contribution in [0.3, 0.4) is 0 Å². The first-order valence-corrected chi connectivity index (χ1v) is 8.63. The van der Waals surface area contributed by atoms with Crippen LogP contribution in [0.2, 0.25) is 5.02 Å². The quantitative estimate of drug-likeness (QED) is 0.908. The second-order valence-corrected chi connectivity index (χ2v) is 6.84. The lowest BCUT2D eigenvalue weighted by molar-refractivity contribution is -0.143. The average Bonchev–Trinajstić information content (AvgIpc) is 3.05. The van der Waals surface area contributed by atoms with Crippen LogP contribution >= 0.6 is 11.6 Å². The van der Waals surface area contributed by atoms with E-state index in [1.54, 1.807) is 15.8 Å². The molecule has 0 saturated carbocycles. The van der Waals surface area contributed by atoms with Crippen molar-refractivity contribution in [3.63, 3.8) is 0 Å². The van der Waals surface area contributed by atoms with E-state index in [9.17, 15) is 14.7 Å². The summed E-state index contributed by atoms with van der Waals surface area (Å²) in [5, 5.41) is 14.1. The van der Waals surface area contributed by atoms with E-state index in [1.165, 1.54) is 6.20 Å². The zero-order valence-electron chi connectivity index (χ0n) is 13.9. The third-order valence-electron chi connectivity index (χ3n) is 4.66. The molecule has 132 valence electrons. The Morgan fingerprint density at radius 3 is 2.80 bits per heavy atom. The van der Waals surface area contributed by atoms with E-state index in [0.29, 0.717) is 30.0 Å². The van der Waals surface area contributed by atoms with Crippen molar-refractivity contribution >= 4 is 23.5 Å². The summed E-state index contributed by atoms with van der Waals surface area (Å²) >= 11 is 6.16. The number of likely N-dealkylation sites (tertiary alicyclic amines) is 1. The standard InChI is InChI=1S/C18H20ClN3O3/c1-12-6-7-14(18(24)25)11-22(12)17(23)15-8-20-21(10-15)9-13-4-2-3-5-16(13)19/h2-5,8,10,12,14H,6-7,9,11H2,1H3,(H,24,25). The van der Waals surface area contributed by atoms with E-state index >= 15 is 0 Å². The SMILES string of the molecule is CC1CCC(C(=O)O)CN1C(=O)c1cnn(Cc2ccccc2Cl)c1. The second kappa shape index (κ2) is 7.27. The Morgan fingerprint density at radius 1 is 1.32 bits per heavy atom. The molecule has 2 heterocycles. The van der Waals surface area contributed by atoms with Crippen LogP contribution in [0.5, 0.6) is 0 Å². The summed E-state index contributed by atoms with van der Waals surface area (Å²) in [5.41, 5.74) is 1.38. The molecule has 6 nitrogen and oxygen atoms in total. The van der Waals surface area contributed by atoms with Crippen molar-refractivity contribution in [2.45, 2.75) is 32.4 Å². The Bertz CT molecular complexity index is 789. The van der Waals surface area contributed by atoms with Crippen molar-refractivity contribution < 1.29 is 14.7 Å². The van der Waals surface area contributed by atoms with Crippen LogP contribution in [0.4, 0.5) is 0 Å². The number of carbonyl (C=O) groups excluding carboxylic acids is 1. The van der Waals surface area contributed by atoms with Crippen molar-refractivity contribution in [1.29, 1.82) is 0 Å². The van der Waals surface area contributed by atoms with Crippen LogP contribution in [0.15, 0.2) is 36.7 Å². The van der Waals surface area contributed by atoms with Gasteiger partial charge in [0.25, 0.3) is 5.91 Å². The molecule has 1 aliphatic rings. The molecule has 0 aliphatic carbocycles. The minimum atomic E-state index is -0.848. The lowest BCUT2D eigenvalue weighted by Gasteiger charge is -2.36. The zero-order valence-corrected chi connectivity index (χ0v) is 14.7. The molecule has 2 atom stereocenters. The van der Waals surface area contributed by atoms with E-state index in [2.05, 4.69) is 5.10 Å². The third kappa shape index (κ3) is 3.85. The molecule has 1 aromatic carbocycles. The van der Waals surface area contributed by atoms with E-state index in [1.807, 2.05) is 31.2 Å². The summed E-state index contributed by atoms with van der Waals surface area (Å²) in [6.45, 7) is 2.66. The maximum Gasteiger partial charge on any atom is 0.308 e. The highest BCUT2D eigenvalue weighted by Crippen LogP contribution is 2.24. The van der Waals surface area contributed by atoms with E-state index in [4.69, 9.17) is 11.6 Å². The smallest absolute Gasteiger partial charge is 0.308 e. The van der Waals surface area contributed by atoms with Crippen LogP contribution in [-0.4, -0.2) is 44.3 Å². The fourth-order valence-corrected chi connectivity index (χ4v) is 3.31. The Labute approximate surface area is 151 Å². The summed E-state index contributed by atoms with van der Waals surface area (Å²) in [6, 6.07) is 7.51. The van der Waals surface area contributed by atoms with Crippen molar-refractivity contribution in [2.75, 3.05) is 6.54 Å². The molecule has 2 aromatic rings. The van der Waals surface area contributed by atoms with Gasteiger partial charge < -0.3 is 10.0 Å². The topological polar surface area (TPSA) is 75.4 Å². The number of carboxylic acid groups (broad SMARTS) is 1. The van der Waals surface area contributed by atoms with Crippen LogP contribution in [0.25, 0.3) is 0 Å². The largest absolute Gasteiger partial charge is 0.481 e. The molecule has 3 rings (SSSR count). The average molecular weight is 362 g/mol. The number of carboxylic acids is 1. The van der Waals surface area contributed by atoms with Crippen molar-refractivity contribution in [3.05, 3.63) is 52.8 Å². The minimum absolute atomic E-state index is 0.0232. The molecule has 25 heavy (non-hydrogen) atoms. The fourth-order valence-electron chi connectivity index (χ4n) is 3.12. The number of hydrogen-bond acceptors (Lipinski definition) is 3. The Morgan fingerprint density at radius 2 is 2.08 bits per heavy atom. The Kier molecular flexibility index (Phi) is 5.08. The highest BCUT2D eigenvalue weighted by Gasteiger charge is 2.33. The van der Waals surface area contributed by atoms with Crippen LogP contribution in [-0.2, 0) is 11.3 Å². The third-order valence-corrected chi connectivity index (χ3v) is 5.03. The summed E-state index contributed by atoms with van der Waals surface area (Å²) in [5.74, 6) is -1.53. The first-order valence-electron chi connectivity index (χ1n) is 8.25. The zero-order chi connectivity index (χ0) is 18.0. The number of hydrogen-bond donors (Lipinski definition) is 1. The highest BCUT2D eigenvalue weighted by atomic mass is 35.5. The molecule has 1 N–H and O–H groups in total. The predicted molar refractivity (Wildman–Crippen MR) is 93.6 cm³/mol. The van der Waals surface area contributed by atoms with Gasteiger partial charge in [-0.2, -0.15) is 5.10 Å². The number of piperidine rings is 1. The number of benzene rings is 1. The van der Waals surface area contributed by atoms with E-state index in [-0.39, 0.29) is 18.5 Å². The second-order valence-electron chi connectivity index (χ2n) is 6.44. The van der Waals surface area contributed by atoms with Crippen LogP contribution in [0, 0.1) is 5.92 Å². The molecule has 1 amide bonds. The van der Waals surface area contributed by atoms with Gasteiger partial charge in [-0.1, -0.05) is 29.8 Å². The minimum Gasteiger partial charge on any atom is -0.481 e. The van der Waals surface area contributed by atoms with Gasteiger partial charge in [-0.15, -0.1) is 0 Å². The number of amides is 1. The number of aliphatic carboxylic acids is 1. The number of rotatable bonds is 4. The van der Waals surface area contributed by atoms with Gasteiger partial charge in [0.15, 0.2) is 0 Å². The summed E-state index contributed by atoms with van der Waals surface area (Å²) < 4.78 is 1.66. The van der Waals surface area contributed by atoms with Crippen molar-refractivity contribution in [1.82, 2.24) is 14.7 Å². The van der Waals surface area contributed by atoms with Crippen molar-refractivity contribution in [3.8, 4) is 0 Å². The monoisotopic (exact) mass is 361 g/mol. The molecule has 1 aliphatic heterocycles. The Balaban J connectivity index is 1.74. The van der Waals surface area contributed by atoms with Gasteiger partial charge in [0.2, 0.25) is 0 Å². The molecule has 0 bridgehead atoms. The molecule has 0 radical (unpaired) electrons. The maximum atomic E-state index is 12.8. The molecule has 2 unspecified atom stereocenters.